The Morgan fingerprint density at radius 2 is 1.84 bits per heavy atom. The van der Waals surface area contributed by atoms with Gasteiger partial charge in [-0.1, -0.05) is 12.1 Å². The molecule has 9 heteroatoms. The summed E-state index contributed by atoms with van der Waals surface area (Å²) in [6.07, 6.45) is 0.570. The second-order valence-corrected chi connectivity index (χ2v) is 10.6. The maximum atomic E-state index is 13.0. The first kappa shape index (κ1) is 23.9. The van der Waals surface area contributed by atoms with Crippen molar-refractivity contribution in [3.63, 3.8) is 0 Å². The van der Waals surface area contributed by atoms with E-state index in [2.05, 4.69) is 5.32 Å². The summed E-state index contributed by atoms with van der Waals surface area (Å²) in [5.74, 6) is 1.05. The molecule has 0 spiro atoms. The van der Waals surface area contributed by atoms with Gasteiger partial charge in [0.25, 0.3) is 0 Å². The topological polar surface area (TPSA) is 94.2 Å². The fourth-order valence-corrected chi connectivity index (χ4v) is 4.91. The first-order valence-electron chi connectivity index (χ1n) is 10.2. The Balaban J connectivity index is 1.76. The number of ether oxygens (including phenoxy) is 3. The lowest BCUT2D eigenvalue weighted by molar-refractivity contribution is -0.122. The molecule has 1 N–H and O–H groups in total. The van der Waals surface area contributed by atoms with Crippen LogP contribution >= 0.6 is 0 Å². The molecule has 0 radical (unpaired) electrons. The highest BCUT2D eigenvalue weighted by Gasteiger charge is 2.35. The molecule has 2 aromatic rings. The molecule has 0 saturated carbocycles. The molecule has 0 aliphatic carbocycles. The van der Waals surface area contributed by atoms with Crippen LogP contribution in [0.15, 0.2) is 41.3 Å². The van der Waals surface area contributed by atoms with E-state index in [1.54, 1.807) is 0 Å². The zero-order valence-electron chi connectivity index (χ0n) is 19.3. The Morgan fingerprint density at radius 3 is 2.50 bits per heavy atom. The molecule has 0 bridgehead atoms. The summed E-state index contributed by atoms with van der Waals surface area (Å²) in [6.45, 7) is 5.58. The predicted octanol–water partition coefficient (Wildman–Crippen LogP) is 3.05. The lowest BCUT2D eigenvalue weighted by Gasteiger charge is -2.38. The lowest BCUT2D eigenvalue weighted by atomic mass is 9.89. The zero-order valence-corrected chi connectivity index (χ0v) is 20.1. The number of hydrogen-bond donors (Lipinski definition) is 1. The van der Waals surface area contributed by atoms with Crippen molar-refractivity contribution in [2.45, 2.75) is 43.7 Å². The van der Waals surface area contributed by atoms with Gasteiger partial charge in [0.1, 0.15) is 11.4 Å². The van der Waals surface area contributed by atoms with Gasteiger partial charge in [-0.3, -0.25) is 4.79 Å². The average molecular weight is 463 g/mol. The van der Waals surface area contributed by atoms with Crippen LogP contribution in [0, 0.1) is 6.92 Å². The maximum absolute atomic E-state index is 13.0. The summed E-state index contributed by atoms with van der Waals surface area (Å²) >= 11 is 0. The standard InChI is InChI=1S/C23H30N2O6S/c1-15-7-9-17-18(13-23(2,3)31-20(17)11-15)24-22(26)14-25(4)32(27,28)16-8-10-19(29-5)21(12-16)30-6/h7-12,18H,13-14H2,1-6H3,(H,24,26). The summed E-state index contributed by atoms with van der Waals surface area (Å²) in [5, 5.41) is 2.98. The van der Waals surface area contributed by atoms with Crippen molar-refractivity contribution in [1.82, 2.24) is 9.62 Å². The van der Waals surface area contributed by atoms with Crippen molar-refractivity contribution in [3.05, 3.63) is 47.5 Å². The molecule has 1 aliphatic rings. The van der Waals surface area contributed by atoms with Crippen molar-refractivity contribution in [1.29, 1.82) is 0 Å². The maximum Gasteiger partial charge on any atom is 0.243 e. The molecule has 0 fully saturated rings. The molecule has 0 saturated heterocycles. The van der Waals surface area contributed by atoms with Crippen LogP contribution in [0.1, 0.15) is 37.4 Å². The average Bonchev–Trinajstić information content (AvgIpc) is 2.71. The van der Waals surface area contributed by atoms with Crippen LogP contribution in [0.2, 0.25) is 0 Å². The van der Waals surface area contributed by atoms with Gasteiger partial charge in [0.15, 0.2) is 11.5 Å². The third kappa shape index (κ3) is 4.99. The number of amides is 1. The number of rotatable bonds is 7. The quantitative estimate of drug-likeness (QED) is 0.680. The molecule has 1 unspecified atom stereocenters. The van der Waals surface area contributed by atoms with E-state index in [9.17, 15) is 13.2 Å². The molecule has 2 aromatic carbocycles. The minimum atomic E-state index is -3.91. The fraction of sp³-hybridized carbons (Fsp3) is 0.435. The third-order valence-corrected chi connectivity index (χ3v) is 7.19. The van der Waals surface area contributed by atoms with Crippen LogP contribution in [0.4, 0.5) is 0 Å². The van der Waals surface area contributed by atoms with E-state index in [0.717, 1.165) is 21.2 Å². The van der Waals surface area contributed by atoms with Crippen molar-refractivity contribution < 1.29 is 27.4 Å². The van der Waals surface area contributed by atoms with Crippen molar-refractivity contribution in [2.75, 3.05) is 27.8 Å². The van der Waals surface area contributed by atoms with Gasteiger partial charge < -0.3 is 19.5 Å². The van der Waals surface area contributed by atoms with Crippen LogP contribution in [0.3, 0.4) is 0 Å². The van der Waals surface area contributed by atoms with Crippen LogP contribution in [0.25, 0.3) is 0 Å². The molecule has 3 rings (SSSR count). The predicted molar refractivity (Wildman–Crippen MR) is 121 cm³/mol. The summed E-state index contributed by atoms with van der Waals surface area (Å²) in [5.41, 5.74) is 1.48. The van der Waals surface area contributed by atoms with Gasteiger partial charge in [-0.05, 0) is 44.5 Å². The molecule has 1 heterocycles. The molecular formula is C23H30N2O6S. The van der Waals surface area contributed by atoms with Gasteiger partial charge in [0, 0.05) is 25.1 Å². The minimum absolute atomic E-state index is 0.0125. The summed E-state index contributed by atoms with van der Waals surface area (Å²) in [7, 11) is 0.365. The Bertz CT molecular complexity index is 1110. The van der Waals surface area contributed by atoms with Gasteiger partial charge in [0.05, 0.1) is 31.7 Å². The number of aryl methyl sites for hydroxylation is 1. The third-order valence-electron chi connectivity index (χ3n) is 5.39. The highest BCUT2D eigenvalue weighted by atomic mass is 32.2. The molecule has 0 aromatic heterocycles. The van der Waals surface area contributed by atoms with E-state index in [-0.39, 0.29) is 17.5 Å². The largest absolute Gasteiger partial charge is 0.493 e. The number of benzene rings is 2. The van der Waals surface area contributed by atoms with Gasteiger partial charge >= 0.3 is 0 Å². The van der Waals surface area contributed by atoms with Crippen molar-refractivity contribution >= 4 is 15.9 Å². The number of likely N-dealkylation sites (N-methyl/N-ethyl adjacent to an activating group) is 1. The smallest absolute Gasteiger partial charge is 0.243 e. The number of nitrogens with one attached hydrogen (secondary N) is 1. The Labute approximate surface area is 189 Å². The first-order chi connectivity index (χ1) is 15.0. The van der Waals surface area contributed by atoms with E-state index in [1.807, 2.05) is 39.0 Å². The van der Waals surface area contributed by atoms with E-state index in [0.29, 0.717) is 17.9 Å². The van der Waals surface area contributed by atoms with Crippen LogP contribution in [-0.4, -0.2) is 52.0 Å². The summed E-state index contributed by atoms with van der Waals surface area (Å²) < 4.78 is 43.4. The minimum Gasteiger partial charge on any atom is -0.493 e. The van der Waals surface area contributed by atoms with Crippen LogP contribution in [0.5, 0.6) is 17.2 Å². The molecule has 174 valence electrons. The van der Waals surface area contributed by atoms with Gasteiger partial charge in [0.2, 0.25) is 15.9 Å². The Kier molecular flexibility index (Phi) is 6.71. The molecular weight excluding hydrogens is 432 g/mol. The van der Waals surface area contributed by atoms with Gasteiger partial charge in [-0.15, -0.1) is 0 Å². The van der Waals surface area contributed by atoms with E-state index in [1.165, 1.54) is 39.5 Å². The zero-order chi connectivity index (χ0) is 23.7. The second kappa shape index (κ2) is 8.99. The number of nitrogens with zero attached hydrogens (tertiary/aromatic N) is 1. The highest BCUT2D eigenvalue weighted by molar-refractivity contribution is 7.89. The molecule has 1 aliphatic heterocycles. The van der Waals surface area contributed by atoms with E-state index in [4.69, 9.17) is 14.2 Å². The van der Waals surface area contributed by atoms with Crippen LogP contribution in [-0.2, 0) is 14.8 Å². The Hall–Kier alpha value is -2.78. The molecule has 1 amide bonds. The SMILES string of the molecule is COc1ccc(S(=O)(=O)N(C)CC(=O)NC2CC(C)(C)Oc3cc(C)ccc32)cc1OC. The Morgan fingerprint density at radius 1 is 1.16 bits per heavy atom. The second-order valence-electron chi connectivity index (χ2n) is 8.51. The fourth-order valence-electron chi connectivity index (χ4n) is 3.77. The van der Waals surface area contributed by atoms with Gasteiger partial charge in [-0.2, -0.15) is 4.31 Å². The summed E-state index contributed by atoms with van der Waals surface area (Å²) in [4.78, 5) is 12.8. The number of carbonyl (C=O) groups is 1. The number of fused-ring (bicyclic) bond motifs is 1. The number of methoxy groups -OCH3 is 2. The van der Waals surface area contributed by atoms with Crippen molar-refractivity contribution in [2.24, 2.45) is 0 Å². The monoisotopic (exact) mass is 462 g/mol. The van der Waals surface area contributed by atoms with E-state index >= 15 is 0 Å². The van der Waals surface area contributed by atoms with Crippen molar-refractivity contribution in [3.8, 4) is 17.2 Å². The lowest BCUT2D eigenvalue weighted by Crippen LogP contribution is -2.44. The van der Waals surface area contributed by atoms with E-state index < -0.39 is 21.5 Å². The number of hydrogen-bond acceptors (Lipinski definition) is 6. The number of sulfonamides is 1. The van der Waals surface area contributed by atoms with Crippen LogP contribution < -0.4 is 19.5 Å². The summed E-state index contributed by atoms with van der Waals surface area (Å²) in [6, 6.07) is 9.89. The first-order valence-corrected chi connectivity index (χ1v) is 11.7. The molecule has 1 atom stereocenters. The molecule has 32 heavy (non-hydrogen) atoms. The highest BCUT2D eigenvalue weighted by Crippen LogP contribution is 2.40. The number of carbonyl (C=O) groups excluding carboxylic acids is 1. The van der Waals surface area contributed by atoms with Gasteiger partial charge in [-0.25, -0.2) is 8.42 Å². The molecule has 8 nitrogen and oxygen atoms in total. The normalized spacial score (nSPS) is 17.3.